The van der Waals surface area contributed by atoms with Gasteiger partial charge in [-0.2, -0.15) is 0 Å². The zero-order valence-electron chi connectivity index (χ0n) is 13.0. The summed E-state index contributed by atoms with van der Waals surface area (Å²) in [5.41, 5.74) is 11.6. The Bertz CT molecular complexity index is 1080. The summed E-state index contributed by atoms with van der Waals surface area (Å²) < 4.78 is 19.0. The van der Waals surface area contributed by atoms with Gasteiger partial charge in [0, 0.05) is 17.3 Å². The summed E-state index contributed by atoms with van der Waals surface area (Å²) in [6.07, 6.45) is 2.22. The Labute approximate surface area is 145 Å². The molecule has 0 spiro atoms. The number of hydrogen-bond donors (Lipinski definition) is 4. The van der Waals surface area contributed by atoms with E-state index in [4.69, 9.17) is 33.2 Å². The molecule has 3 rings (SSSR count). The molecule has 0 unspecified atom stereocenters. The fourth-order valence-electron chi connectivity index (χ4n) is 2.67. The Kier molecular flexibility index (Phi) is 4.05. The minimum absolute atomic E-state index is 0.0839. The number of H-pyrrole nitrogens is 1. The number of hydrogen-bond acceptors (Lipinski definition) is 6. The van der Waals surface area contributed by atoms with Crippen LogP contribution in [0.15, 0.2) is 23.1 Å². The van der Waals surface area contributed by atoms with Crippen LogP contribution in [-0.4, -0.2) is 23.3 Å². The first-order chi connectivity index (χ1) is 11.9. The molecule has 3 aromatic rings. The van der Waals surface area contributed by atoms with Crippen LogP contribution in [0.3, 0.4) is 0 Å². The number of anilines is 2. The lowest BCUT2D eigenvalue weighted by atomic mass is 9.95. The first-order valence-corrected chi connectivity index (χ1v) is 7.41. The number of benzene rings is 1. The summed E-state index contributed by atoms with van der Waals surface area (Å²) in [6, 6.07) is 2.52. The lowest BCUT2D eigenvalue weighted by molar-refractivity contribution is 0.403. The van der Waals surface area contributed by atoms with Gasteiger partial charge in [0.2, 0.25) is 5.88 Å². The van der Waals surface area contributed by atoms with Gasteiger partial charge < -0.3 is 26.6 Å². The number of aromatic amines is 1. The van der Waals surface area contributed by atoms with Gasteiger partial charge in [0.05, 0.1) is 34.9 Å². The molecule has 0 saturated carbocycles. The van der Waals surface area contributed by atoms with Gasteiger partial charge in [0.15, 0.2) is 0 Å². The van der Waals surface area contributed by atoms with Crippen molar-refractivity contribution in [3.63, 3.8) is 0 Å². The Morgan fingerprint density at radius 3 is 2.72 bits per heavy atom. The first-order valence-electron chi connectivity index (χ1n) is 7.03. The average molecular weight is 362 g/mol. The second kappa shape index (κ2) is 6.06. The zero-order chi connectivity index (χ0) is 18.3. The molecule has 2 heterocycles. The van der Waals surface area contributed by atoms with Crippen molar-refractivity contribution in [2.24, 2.45) is 0 Å². The third kappa shape index (κ3) is 2.47. The predicted octanol–water partition coefficient (Wildman–Crippen LogP) is 2.55. The number of ether oxygens (including phenoxy) is 1. The van der Waals surface area contributed by atoms with E-state index < -0.39 is 11.4 Å². The second-order valence-electron chi connectivity index (χ2n) is 5.17. The van der Waals surface area contributed by atoms with E-state index in [1.165, 1.54) is 19.4 Å². The Morgan fingerprint density at radius 1 is 1.36 bits per heavy atom. The summed E-state index contributed by atoms with van der Waals surface area (Å²) in [4.78, 5) is 18.9. The first kappa shape index (κ1) is 16.7. The van der Waals surface area contributed by atoms with Crippen LogP contribution in [-0.2, 0) is 0 Å². The SMILES string of the molecule is COc1ncc(Cl)c2[nH]c(=O)c(N)c(-c3ccc(F)c(N)c3C=N)c12. The molecule has 0 bridgehead atoms. The van der Waals surface area contributed by atoms with Gasteiger partial charge in [-0.25, -0.2) is 9.37 Å². The van der Waals surface area contributed by atoms with Crippen LogP contribution in [0.25, 0.3) is 22.0 Å². The van der Waals surface area contributed by atoms with Crippen molar-refractivity contribution < 1.29 is 9.13 Å². The molecule has 7 nitrogen and oxygen atoms in total. The van der Waals surface area contributed by atoms with E-state index in [2.05, 4.69) is 9.97 Å². The monoisotopic (exact) mass is 361 g/mol. The number of nitrogen functional groups attached to an aromatic ring is 2. The number of aromatic nitrogens is 2. The number of nitrogens with zero attached hydrogens (tertiary/aromatic N) is 1. The quantitative estimate of drug-likeness (QED) is 0.420. The Morgan fingerprint density at radius 2 is 2.08 bits per heavy atom. The highest BCUT2D eigenvalue weighted by molar-refractivity contribution is 6.35. The number of methoxy groups -OCH3 is 1. The molecule has 0 amide bonds. The molecule has 0 saturated heterocycles. The highest BCUT2D eigenvalue weighted by Gasteiger charge is 2.22. The normalized spacial score (nSPS) is 10.8. The molecule has 0 atom stereocenters. The van der Waals surface area contributed by atoms with Crippen molar-refractivity contribution >= 4 is 40.1 Å². The maximum atomic E-state index is 13.8. The van der Waals surface area contributed by atoms with E-state index in [1.54, 1.807) is 0 Å². The predicted molar refractivity (Wildman–Crippen MR) is 96.0 cm³/mol. The molecule has 128 valence electrons. The van der Waals surface area contributed by atoms with Gasteiger partial charge in [-0.3, -0.25) is 4.79 Å². The smallest absolute Gasteiger partial charge is 0.272 e. The molecule has 2 aromatic heterocycles. The highest BCUT2D eigenvalue weighted by Crippen LogP contribution is 2.40. The number of rotatable bonds is 3. The fraction of sp³-hybridized carbons (Fsp3) is 0.0625. The van der Waals surface area contributed by atoms with Gasteiger partial charge >= 0.3 is 0 Å². The Hall–Kier alpha value is -3.13. The number of fused-ring (bicyclic) bond motifs is 1. The van der Waals surface area contributed by atoms with Gasteiger partial charge in [-0.05, 0) is 11.6 Å². The molecule has 0 fully saturated rings. The average Bonchev–Trinajstić information content (AvgIpc) is 2.60. The van der Waals surface area contributed by atoms with Crippen LogP contribution in [0, 0.1) is 11.2 Å². The molecular formula is C16H13ClFN5O2. The third-order valence-electron chi connectivity index (χ3n) is 3.84. The van der Waals surface area contributed by atoms with Crippen LogP contribution in [0.1, 0.15) is 5.56 Å². The molecule has 6 N–H and O–H groups in total. The molecule has 0 aliphatic rings. The second-order valence-corrected chi connectivity index (χ2v) is 5.58. The van der Waals surface area contributed by atoms with Gasteiger partial charge in [-0.1, -0.05) is 17.7 Å². The summed E-state index contributed by atoms with van der Waals surface area (Å²) in [7, 11) is 1.40. The van der Waals surface area contributed by atoms with E-state index in [0.717, 1.165) is 12.3 Å². The van der Waals surface area contributed by atoms with Crippen LogP contribution >= 0.6 is 11.6 Å². The number of halogens is 2. The van der Waals surface area contributed by atoms with Gasteiger partial charge in [-0.15, -0.1) is 0 Å². The molecule has 9 heteroatoms. The molecule has 0 aliphatic carbocycles. The van der Waals surface area contributed by atoms with E-state index in [0.29, 0.717) is 10.9 Å². The molecular weight excluding hydrogens is 349 g/mol. The number of pyridine rings is 2. The van der Waals surface area contributed by atoms with E-state index in [-0.39, 0.29) is 38.9 Å². The van der Waals surface area contributed by atoms with Crippen molar-refractivity contribution in [2.45, 2.75) is 0 Å². The van der Waals surface area contributed by atoms with Crippen molar-refractivity contribution in [1.29, 1.82) is 5.41 Å². The lowest BCUT2D eigenvalue weighted by Gasteiger charge is -2.16. The standard InChI is InChI=1S/C16H13ClFN5O2/c1-25-16-11-10(6-2-3-9(18)12(20)7(6)4-19)13(21)15(24)23-14(11)8(17)5-22-16/h2-5,19H,20-21H2,1H3,(H,23,24). The van der Waals surface area contributed by atoms with Crippen LogP contribution in [0.2, 0.25) is 5.02 Å². The van der Waals surface area contributed by atoms with E-state index >= 15 is 0 Å². The number of nitrogens with one attached hydrogen (secondary N) is 2. The third-order valence-corrected chi connectivity index (χ3v) is 4.13. The molecule has 25 heavy (non-hydrogen) atoms. The van der Waals surface area contributed by atoms with Crippen molar-refractivity contribution in [3.05, 3.63) is 45.1 Å². The Balaban J connectivity index is 2.60. The zero-order valence-corrected chi connectivity index (χ0v) is 13.7. The van der Waals surface area contributed by atoms with Crippen LogP contribution < -0.4 is 21.8 Å². The topological polar surface area (TPSA) is 131 Å². The number of nitrogens with two attached hydrogens (primary N) is 2. The molecule has 0 radical (unpaired) electrons. The lowest BCUT2D eigenvalue weighted by Crippen LogP contribution is -2.15. The van der Waals surface area contributed by atoms with Crippen molar-refractivity contribution in [1.82, 2.24) is 9.97 Å². The maximum Gasteiger partial charge on any atom is 0.272 e. The van der Waals surface area contributed by atoms with E-state index in [9.17, 15) is 9.18 Å². The van der Waals surface area contributed by atoms with E-state index in [1.807, 2.05) is 0 Å². The summed E-state index contributed by atoms with van der Waals surface area (Å²) in [5, 5.41) is 8.09. The molecule has 0 aliphatic heterocycles. The maximum absolute atomic E-state index is 13.8. The highest BCUT2D eigenvalue weighted by atomic mass is 35.5. The van der Waals surface area contributed by atoms with Gasteiger partial charge in [0.25, 0.3) is 5.56 Å². The summed E-state index contributed by atoms with van der Waals surface area (Å²) >= 11 is 6.14. The molecule has 1 aromatic carbocycles. The summed E-state index contributed by atoms with van der Waals surface area (Å²) in [6.45, 7) is 0. The van der Waals surface area contributed by atoms with Crippen molar-refractivity contribution in [2.75, 3.05) is 18.6 Å². The minimum atomic E-state index is -0.682. The fourth-order valence-corrected chi connectivity index (χ4v) is 2.86. The summed E-state index contributed by atoms with van der Waals surface area (Å²) in [5.74, 6) is -0.519. The van der Waals surface area contributed by atoms with Crippen LogP contribution in [0.4, 0.5) is 15.8 Å². The minimum Gasteiger partial charge on any atom is -0.480 e. The largest absolute Gasteiger partial charge is 0.480 e. The van der Waals surface area contributed by atoms with Crippen LogP contribution in [0.5, 0.6) is 5.88 Å². The van der Waals surface area contributed by atoms with Gasteiger partial charge in [0.1, 0.15) is 11.5 Å². The van der Waals surface area contributed by atoms with Crippen molar-refractivity contribution in [3.8, 4) is 17.0 Å².